The fourth-order valence-electron chi connectivity index (χ4n) is 0.914. The normalized spacial score (nSPS) is 10.4. The average molecular weight is 470 g/mol. The lowest BCUT2D eigenvalue weighted by Crippen LogP contribution is -1.97. The number of rotatable bonds is 1. The van der Waals surface area contributed by atoms with Crippen LogP contribution in [-0.4, -0.2) is 5.24 Å². The molecule has 0 bridgehead atoms. The topological polar surface area (TPSA) is 17.1 Å². The van der Waals surface area contributed by atoms with E-state index in [1.54, 1.807) is 0 Å². The Balaban J connectivity index is 3.68. The van der Waals surface area contributed by atoms with Crippen molar-refractivity contribution in [2.75, 3.05) is 0 Å². The van der Waals surface area contributed by atoms with Crippen molar-refractivity contribution >= 4 is 80.6 Å². The largest absolute Gasteiger partial charge is 0.276 e. The van der Waals surface area contributed by atoms with Gasteiger partial charge in [0.05, 0.1) is 5.56 Å². The molecular weight excluding hydrogens is 467 g/mol. The molecule has 0 amide bonds. The lowest BCUT2D eigenvalue weighted by atomic mass is 10.2. The van der Waals surface area contributed by atoms with E-state index in [0.29, 0.717) is 14.5 Å². The molecule has 0 radical (unpaired) electrons. The van der Waals surface area contributed by atoms with E-state index in [1.165, 1.54) is 0 Å². The summed E-state index contributed by atoms with van der Waals surface area (Å²) in [6.45, 7) is 1.92. The highest BCUT2D eigenvalue weighted by atomic mass is 79.9. The number of hydrogen-bond donors (Lipinski definition) is 0. The van der Waals surface area contributed by atoms with Crippen molar-refractivity contribution in [3.8, 4) is 0 Å². The molecule has 14 heavy (non-hydrogen) atoms. The Labute approximate surface area is 120 Å². The molecule has 6 heteroatoms. The summed E-state index contributed by atoms with van der Waals surface area (Å²) < 4.78 is 2.95. The van der Waals surface area contributed by atoms with Gasteiger partial charge in [-0.3, -0.25) is 4.79 Å². The number of hydrogen-bond acceptors (Lipinski definition) is 1. The number of benzene rings is 1. The summed E-state index contributed by atoms with van der Waals surface area (Å²) in [7, 11) is 0. The maximum atomic E-state index is 11.2. The summed E-state index contributed by atoms with van der Waals surface area (Å²) in [5, 5.41) is -0.509. The van der Waals surface area contributed by atoms with Crippen LogP contribution in [0.5, 0.6) is 0 Å². The minimum absolute atomic E-state index is 0.413. The quantitative estimate of drug-likeness (QED) is 0.396. The van der Waals surface area contributed by atoms with Crippen LogP contribution in [-0.2, 0) is 0 Å². The van der Waals surface area contributed by atoms with Crippen LogP contribution in [0.4, 0.5) is 0 Å². The van der Waals surface area contributed by atoms with Gasteiger partial charge in [-0.2, -0.15) is 0 Å². The van der Waals surface area contributed by atoms with Gasteiger partial charge in [0.2, 0.25) is 0 Å². The maximum absolute atomic E-state index is 11.2. The van der Waals surface area contributed by atoms with Gasteiger partial charge in [0.25, 0.3) is 5.24 Å². The van der Waals surface area contributed by atoms with Gasteiger partial charge < -0.3 is 0 Å². The highest BCUT2D eigenvalue weighted by Crippen LogP contribution is 2.41. The van der Waals surface area contributed by atoms with Crippen molar-refractivity contribution in [1.29, 1.82) is 0 Å². The first-order chi connectivity index (χ1) is 6.37. The first kappa shape index (κ1) is 13.2. The van der Waals surface area contributed by atoms with Crippen molar-refractivity contribution in [3.63, 3.8) is 0 Å². The Morgan fingerprint density at radius 1 is 1.00 bits per heavy atom. The Hall–Kier alpha value is 1.10. The van der Waals surface area contributed by atoms with Crippen molar-refractivity contribution in [3.05, 3.63) is 29.0 Å². The Kier molecular flexibility index (Phi) is 4.66. The Morgan fingerprint density at radius 3 is 1.64 bits per heavy atom. The highest BCUT2D eigenvalue weighted by Gasteiger charge is 2.20. The van der Waals surface area contributed by atoms with Crippen LogP contribution in [0, 0.1) is 6.92 Å². The second kappa shape index (κ2) is 4.95. The molecule has 0 N–H and O–H groups in total. The fourth-order valence-corrected chi connectivity index (χ4v) is 4.01. The third-order valence-corrected chi connectivity index (χ3v) is 6.50. The van der Waals surface area contributed by atoms with Crippen molar-refractivity contribution in [2.45, 2.75) is 6.92 Å². The summed E-state index contributed by atoms with van der Waals surface area (Å²) in [4.78, 5) is 11.2. The molecule has 1 rings (SSSR count). The molecule has 0 fully saturated rings. The molecule has 1 aromatic carbocycles. The molecule has 0 aliphatic carbocycles. The summed E-state index contributed by atoms with van der Waals surface area (Å²) in [5.41, 5.74) is 1.40. The smallest absolute Gasteiger partial charge is 0.254 e. The third-order valence-electron chi connectivity index (χ3n) is 1.68. The van der Waals surface area contributed by atoms with E-state index in [2.05, 4.69) is 63.7 Å². The Morgan fingerprint density at radius 2 is 1.36 bits per heavy atom. The molecular formula is C8H3Br4ClO. The van der Waals surface area contributed by atoms with E-state index in [9.17, 15) is 4.79 Å². The molecule has 0 aromatic heterocycles. The van der Waals surface area contributed by atoms with Crippen LogP contribution in [0.1, 0.15) is 15.9 Å². The van der Waals surface area contributed by atoms with Gasteiger partial charge in [-0.05, 0) is 87.8 Å². The summed E-state index contributed by atoms with van der Waals surface area (Å²) in [6, 6.07) is 0. The average Bonchev–Trinajstić information content (AvgIpc) is 2.11. The monoisotopic (exact) mass is 466 g/mol. The number of carbonyl (C=O) groups is 1. The van der Waals surface area contributed by atoms with Gasteiger partial charge in [-0.25, -0.2) is 0 Å². The maximum Gasteiger partial charge on any atom is 0.254 e. The molecule has 0 unspecified atom stereocenters. The second-order valence-corrected chi connectivity index (χ2v) is 6.04. The first-order valence-corrected chi connectivity index (χ1v) is 6.95. The van der Waals surface area contributed by atoms with Crippen LogP contribution in [0.3, 0.4) is 0 Å². The highest BCUT2D eigenvalue weighted by molar-refractivity contribution is 9.14. The minimum atomic E-state index is -0.509. The summed E-state index contributed by atoms with van der Waals surface area (Å²) in [5.74, 6) is 0. The SMILES string of the molecule is Cc1c(Br)c(Br)c(C(=O)Cl)c(Br)c1Br. The lowest BCUT2D eigenvalue weighted by molar-refractivity contribution is 0.108. The van der Waals surface area contributed by atoms with Crippen LogP contribution in [0.2, 0.25) is 0 Å². The predicted octanol–water partition coefficient (Wildman–Crippen LogP) is 5.42. The minimum Gasteiger partial charge on any atom is -0.276 e. The molecule has 0 saturated carbocycles. The van der Waals surface area contributed by atoms with Crippen LogP contribution in [0.15, 0.2) is 17.9 Å². The van der Waals surface area contributed by atoms with Crippen molar-refractivity contribution in [1.82, 2.24) is 0 Å². The third kappa shape index (κ3) is 2.26. The molecule has 0 atom stereocenters. The Bertz CT molecular complexity index is 387. The van der Waals surface area contributed by atoms with Gasteiger partial charge in [0.1, 0.15) is 0 Å². The molecule has 0 saturated heterocycles. The van der Waals surface area contributed by atoms with E-state index < -0.39 is 5.24 Å². The van der Waals surface area contributed by atoms with Crippen LogP contribution < -0.4 is 0 Å². The number of halogens is 5. The van der Waals surface area contributed by atoms with Gasteiger partial charge >= 0.3 is 0 Å². The van der Waals surface area contributed by atoms with E-state index in [-0.39, 0.29) is 0 Å². The second-order valence-electron chi connectivity index (χ2n) is 2.53. The molecule has 0 aliphatic heterocycles. The van der Waals surface area contributed by atoms with Gasteiger partial charge in [0, 0.05) is 17.9 Å². The molecule has 0 heterocycles. The van der Waals surface area contributed by atoms with E-state index in [1.807, 2.05) is 6.92 Å². The van der Waals surface area contributed by atoms with Gasteiger partial charge in [-0.15, -0.1) is 0 Å². The van der Waals surface area contributed by atoms with Crippen molar-refractivity contribution < 1.29 is 4.79 Å². The van der Waals surface area contributed by atoms with Crippen molar-refractivity contribution in [2.24, 2.45) is 0 Å². The zero-order chi connectivity index (χ0) is 11.0. The summed E-state index contributed by atoms with van der Waals surface area (Å²) >= 11 is 18.8. The first-order valence-electron chi connectivity index (χ1n) is 3.40. The van der Waals surface area contributed by atoms with Gasteiger partial charge in [-0.1, -0.05) is 0 Å². The lowest BCUT2D eigenvalue weighted by Gasteiger charge is -2.11. The number of carbonyl (C=O) groups excluding carboxylic acids is 1. The fraction of sp³-hybridized carbons (Fsp3) is 0.125. The molecule has 0 aliphatic rings. The van der Waals surface area contributed by atoms with Crippen LogP contribution >= 0.6 is 75.3 Å². The van der Waals surface area contributed by atoms with E-state index >= 15 is 0 Å². The van der Waals surface area contributed by atoms with E-state index in [0.717, 1.165) is 14.5 Å². The molecule has 1 nitrogen and oxygen atoms in total. The zero-order valence-electron chi connectivity index (χ0n) is 6.80. The standard InChI is InChI=1S/C8H3Br4ClO/c1-2-4(9)6(11)3(8(13)14)7(12)5(2)10/h1H3. The molecule has 1 aromatic rings. The predicted molar refractivity (Wildman–Crippen MR) is 72.2 cm³/mol. The molecule has 0 spiro atoms. The zero-order valence-corrected chi connectivity index (χ0v) is 13.9. The van der Waals surface area contributed by atoms with Gasteiger partial charge in [0.15, 0.2) is 0 Å². The van der Waals surface area contributed by atoms with E-state index in [4.69, 9.17) is 11.6 Å². The molecule has 76 valence electrons. The summed E-state index contributed by atoms with van der Waals surface area (Å²) in [6.07, 6.45) is 0. The van der Waals surface area contributed by atoms with Crippen LogP contribution in [0.25, 0.3) is 0 Å².